The van der Waals surface area contributed by atoms with Crippen LogP contribution in [0.5, 0.6) is 0 Å². The van der Waals surface area contributed by atoms with Crippen molar-refractivity contribution in [2.24, 2.45) is 11.1 Å². The molecule has 88 valence electrons. The smallest absolute Gasteiger partial charge is 0.347 e. The standard InChI is InChI=1S/C9H15F3N2O/c10-9(11,12)6-14-7(15)4-8(5-13)2-1-3-8/h1-6,13H2,(H,14,15). The molecular formula is C9H15F3N2O. The SMILES string of the molecule is NCC1(CC(=O)NCC(F)(F)F)CCC1. The summed E-state index contributed by atoms with van der Waals surface area (Å²) in [6, 6.07) is 0. The van der Waals surface area contributed by atoms with Gasteiger partial charge in [0.2, 0.25) is 5.91 Å². The van der Waals surface area contributed by atoms with Crippen LogP contribution in [-0.4, -0.2) is 25.2 Å². The fourth-order valence-electron chi connectivity index (χ4n) is 1.73. The van der Waals surface area contributed by atoms with Crippen molar-refractivity contribution >= 4 is 5.91 Å². The highest BCUT2D eigenvalue weighted by atomic mass is 19.4. The Balaban J connectivity index is 2.29. The second kappa shape index (κ2) is 4.38. The van der Waals surface area contributed by atoms with Gasteiger partial charge in [-0.25, -0.2) is 0 Å². The monoisotopic (exact) mass is 224 g/mol. The molecule has 1 saturated carbocycles. The Morgan fingerprint density at radius 1 is 1.40 bits per heavy atom. The number of nitrogens with one attached hydrogen (secondary N) is 1. The molecule has 0 aromatic heterocycles. The lowest BCUT2D eigenvalue weighted by molar-refractivity contribution is -0.140. The van der Waals surface area contributed by atoms with Gasteiger partial charge in [0, 0.05) is 6.42 Å². The van der Waals surface area contributed by atoms with Crippen molar-refractivity contribution in [1.29, 1.82) is 0 Å². The van der Waals surface area contributed by atoms with Crippen LogP contribution in [0.2, 0.25) is 0 Å². The highest BCUT2D eigenvalue weighted by molar-refractivity contribution is 5.76. The summed E-state index contributed by atoms with van der Waals surface area (Å²) < 4.78 is 35.4. The Hall–Kier alpha value is -0.780. The van der Waals surface area contributed by atoms with E-state index in [0.717, 1.165) is 19.3 Å². The Bertz CT molecular complexity index is 230. The van der Waals surface area contributed by atoms with Crippen molar-refractivity contribution in [3.63, 3.8) is 0 Å². The van der Waals surface area contributed by atoms with Crippen molar-refractivity contribution in [2.75, 3.05) is 13.1 Å². The van der Waals surface area contributed by atoms with E-state index in [1.165, 1.54) is 0 Å². The first-order chi connectivity index (χ1) is 6.87. The second-order valence-corrected chi connectivity index (χ2v) is 4.13. The van der Waals surface area contributed by atoms with Gasteiger partial charge in [0.25, 0.3) is 0 Å². The van der Waals surface area contributed by atoms with E-state index in [2.05, 4.69) is 0 Å². The third-order valence-electron chi connectivity index (χ3n) is 2.87. The van der Waals surface area contributed by atoms with Gasteiger partial charge in [-0.05, 0) is 24.8 Å². The number of alkyl halides is 3. The van der Waals surface area contributed by atoms with Crippen LogP contribution >= 0.6 is 0 Å². The average molecular weight is 224 g/mol. The van der Waals surface area contributed by atoms with E-state index >= 15 is 0 Å². The summed E-state index contributed by atoms with van der Waals surface area (Å²) in [7, 11) is 0. The summed E-state index contributed by atoms with van der Waals surface area (Å²) in [6.45, 7) is -0.890. The van der Waals surface area contributed by atoms with E-state index in [0.29, 0.717) is 6.54 Å². The lowest BCUT2D eigenvalue weighted by Crippen LogP contribution is -2.43. The Morgan fingerprint density at radius 2 is 2.00 bits per heavy atom. The van der Waals surface area contributed by atoms with Crippen LogP contribution in [0.4, 0.5) is 13.2 Å². The van der Waals surface area contributed by atoms with Crippen LogP contribution in [-0.2, 0) is 4.79 Å². The molecule has 1 aliphatic rings. The number of amides is 1. The molecule has 0 atom stereocenters. The van der Waals surface area contributed by atoms with Gasteiger partial charge in [-0.15, -0.1) is 0 Å². The molecule has 0 aliphatic heterocycles. The van der Waals surface area contributed by atoms with Crippen molar-refractivity contribution in [2.45, 2.75) is 31.9 Å². The first-order valence-corrected chi connectivity index (χ1v) is 4.90. The molecule has 0 aromatic carbocycles. The zero-order valence-corrected chi connectivity index (χ0v) is 8.36. The highest BCUT2D eigenvalue weighted by Crippen LogP contribution is 2.42. The molecule has 1 amide bonds. The molecule has 0 spiro atoms. The van der Waals surface area contributed by atoms with Gasteiger partial charge in [0.05, 0.1) is 0 Å². The Kier molecular flexibility index (Phi) is 3.59. The van der Waals surface area contributed by atoms with Crippen LogP contribution in [0.15, 0.2) is 0 Å². The van der Waals surface area contributed by atoms with Crippen molar-refractivity contribution < 1.29 is 18.0 Å². The maximum absolute atomic E-state index is 11.8. The number of rotatable bonds is 4. The first kappa shape index (κ1) is 12.3. The number of hydrogen-bond donors (Lipinski definition) is 2. The van der Waals surface area contributed by atoms with E-state index in [-0.39, 0.29) is 11.8 Å². The van der Waals surface area contributed by atoms with E-state index < -0.39 is 18.6 Å². The van der Waals surface area contributed by atoms with E-state index in [9.17, 15) is 18.0 Å². The van der Waals surface area contributed by atoms with Crippen LogP contribution in [0.1, 0.15) is 25.7 Å². The third-order valence-corrected chi connectivity index (χ3v) is 2.87. The molecule has 0 bridgehead atoms. The van der Waals surface area contributed by atoms with Crippen molar-refractivity contribution in [3.05, 3.63) is 0 Å². The largest absolute Gasteiger partial charge is 0.405 e. The molecule has 1 aliphatic carbocycles. The van der Waals surface area contributed by atoms with E-state index in [1.807, 2.05) is 5.32 Å². The molecule has 6 heteroatoms. The minimum absolute atomic E-state index is 0.111. The minimum Gasteiger partial charge on any atom is -0.347 e. The van der Waals surface area contributed by atoms with E-state index in [1.54, 1.807) is 0 Å². The quantitative estimate of drug-likeness (QED) is 0.753. The number of carbonyl (C=O) groups is 1. The number of carbonyl (C=O) groups excluding carboxylic acids is 1. The van der Waals surface area contributed by atoms with Crippen LogP contribution < -0.4 is 11.1 Å². The molecular weight excluding hydrogens is 209 g/mol. The predicted octanol–water partition coefficient (Wildman–Crippen LogP) is 1.18. The van der Waals surface area contributed by atoms with Gasteiger partial charge in [-0.1, -0.05) is 6.42 Å². The fourth-order valence-corrected chi connectivity index (χ4v) is 1.73. The van der Waals surface area contributed by atoms with Crippen molar-refractivity contribution in [1.82, 2.24) is 5.32 Å². The molecule has 0 saturated heterocycles. The summed E-state index contributed by atoms with van der Waals surface area (Å²) in [4.78, 5) is 11.2. The molecule has 15 heavy (non-hydrogen) atoms. The van der Waals surface area contributed by atoms with Gasteiger partial charge >= 0.3 is 6.18 Å². The van der Waals surface area contributed by atoms with Gasteiger partial charge in [-0.2, -0.15) is 13.2 Å². The van der Waals surface area contributed by atoms with Gasteiger partial charge < -0.3 is 11.1 Å². The highest BCUT2D eigenvalue weighted by Gasteiger charge is 2.38. The van der Waals surface area contributed by atoms with Gasteiger partial charge in [-0.3, -0.25) is 4.79 Å². The van der Waals surface area contributed by atoms with Crippen molar-refractivity contribution in [3.8, 4) is 0 Å². The zero-order valence-electron chi connectivity index (χ0n) is 8.36. The van der Waals surface area contributed by atoms with Gasteiger partial charge in [0.1, 0.15) is 6.54 Å². The third kappa shape index (κ3) is 3.70. The topological polar surface area (TPSA) is 55.1 Å². The molecule has 3 nitrogen and oxygen atoms in total. The minimum atomic E-state index is -4.34. The average Bonchev–Trinajstić information content (AvgIpc) is 2.07. The van der Waals surface area contributed by atoms with Crippen LogP contribution in [0.3, 0.4) is 0 Å². The van der Waals surface area contributed by atoms with Crippen LogP contribution in [0.25, 0.3) is 0 Å². The normalized spacial score (nSPS) is 19.5. The van der Waals surface area contributed by atoms with E-state index in [4.69, 9.17) is 5.73 Å². The second-order valence-electron chi connectivity index (χ2n) is 4.13. The molecule has 0 heterocycles. The predicted molar refractivity (Wildman–Crippen MR) is 49.0 cm³/mol. The summed E-state index contributed by atoms with van der Waals surface area (Å²) in [5.41, 5.74) is 5.26. The summed E-state index contributed by atoms with van der Waals surface area (Å²) >= 11 is 0. The Labute approximate surface area is 86.2 Å². The maximum atomic E-state index is 11.8. The molecule has 0 aromatic rings. The number of halogens is 3. The van der Waals surface area contributed by atoms with Gasteiger partial charge in [0.15, 0.2) is 0 Å². The number of hydrogen-bond acceptors (Lipinski definition) is 2. The molecule has 0 unspecified atom stereocenters. The molecule has 0 radical (unpaired) electrons. The lowest BCUT2D eigenvalue weighted by atomic mass is 9.66. The maximum Gasteiger partial charge on any atom is 0.405 e. The number of nitrogens with two attached hydrogens (primary N) is 1. The molecule has 1 fully saturated rings. The lowest BCUT2D eigenvalue weighted by Gasteiger charge is -2.40. The summed E-state index contributed by atoms with van der Waals surface area (Å²) in [6.07, 6.45) is -1.56. The summed E-state index contributed by atoms with van der Waals surface area (Å²) in [5, 5.41) is 1.86. The van der Waals surface area contributed by atoms with Crippen LogP contribution in [0, 0.1) is 5.41 Å². The first-order valence-electron chi connectivity index (χ1n) is 4.90. The fraction of sp³-hybridized carbons (Fsp3) is 0.889. The zero-order chi connectivity index (χ0) is 11.5. The molecule has 1 rings (SSSR count). The molecule has 3 N–H and O–H groups in total. The Morgan fingerprint density at radius 3 is 2.33 bits per heavy atom. The summed E-state index contributed by atoms with van der Waals surface area (Å²) in [5.74, 6) is -0.558.